The predicted molar refractivity (Wildman–Crippen MR) is 67.8 cm³/mol. The second-order valence-electron chi connectivity index (χ2n) is 5.91. The average molecular weight is 253 g/mol. The first kappa shape index (κ1) is 13.5. The van der Waals surface area contributed by atoms with E-state index in [0.29, 0.717) is 18.8 Å². The summed E-state index contributed by atoms with van der Waals surface area (Å²) in [6.45, 7) is 2.05. The third-order valence-electron chi connectivity index (χ3n) is 4.37. The molecule has 0 bridgehead atoms. The van der Waals surface area contributed by atoms with Crippen LogP contribution in [0.4, 0.5) is 0 Å². The van der Waals surface area contributed by atoms with Crippen molar-refractivity contribution >= 4 is 11.8 Å². The molecule has 1 saturated carbocycles. The van der Waals surface area contributed by atoms with Crippen molar-refractivity contribution in [3.05, 3.63) is 0 Å². The summed E-state index contributed by atoms with van der Waals surface area (Å²) in [6.07, 6.45) is 6.09. The highest BCUT2D eigenvalue weighted by Crippen LogP contribution is 2.38. The molecule has 1 saturated heterocycles. The third-order valence-corrected chi connectivity index (χ3v) is 4.37. The Morgan fingerprint density at radius 1 is 1.22 bits per heavy atom. The Bertz CT molecular complexity index is 324. The van der Waals surface area contributed by atoms with Crippen molar-refractivity contribution in [3.8, 4) is 0 Å². The number of imide groups is 1. The maximum absolute atomic E-state index is 12.2. The molecule has 2 fully saturated rings. The van der Waals surface area contributed by atoms with Crippen molar-refractivity contribution in [3.63, 3.8) is 0 Å². The number of aliphatic hydroxyl groups is 1. The van der Waals surface area contributed by atoms with Crippen LogP contribution in [0.2, 0.25) is 0 Å². The highest BCUT2D eigenvalue weighted by molar-refractivity contribution is 5.97. The fourth-order valence-electron chi connectivity index (χ4n) is 3.49. The largest absolute Gasteiger partial charge is 0.394 e. The molecule has 4 nitrogen and oxygen atoms in total. The lowest BCUT2D eigenvalue weighted by molar-refractivity contribution is -0.156. The molecule has 0 spiro atoms. The van der Waals surface area contributed by atoms with Gasteiger partial charge in [-0.25, -0.2) is 0 Å². The average Bonchev–Trinajstić information content (AvgIpc) is 2.50. The molecule has 0 aromatic rings. The van der Waals surface area contributed by atoms with Crippen LogP contribution in [0.25, 0.3) is 0 Å². The van der Waals surface area contributed by atoms with Crippen LogP contribution in [0.5, 0.6) is 0 Å². The lowest BCUT2D eigenvalue weighted by atomic mass is 9.75. The van der Waals surface area contributed by atoms with Crippen molar-refractivity contribution in [2.24, 2.45) is 5.92 Å². The van der Waals surface area contributed by atoms with E-state index in [0.717, 1.165) is 38.5 Å². The Balaban J connectivity index is 2.28. The van der Waals surface area contributed by atoms with Crippen molar-refractivity contribution < 1.29 is 14.7 Å². The fourth-order valence-corrected chi connectivity index (χ4v) is 3.49. The summed E-state index contributed by atoms with van der Waals surface area (Å²) in [5.41, 5.74) is -0.615. The van der Waals surface area contributed by atoms with Crippen molar-refractivity contribution in [1.82, 2.24) is 4.90 Å². The van der Waals surface area contributed by atoms with Gasteiger partial charge in [0.2, 0.25) is 11.8 Å². The number of rotatable bonds is 2. The fraction of sp³-hybridized carbons (Fsp3) is 0.857. The molecule has 1 heterocycles. The second-order valence-corrected chi connectivity index (χ2v) is 5.91. The number of carbonyl (C=O) groups is 2. The Morgan fingerprint density at radius 3 is 2.33 bits per heavy atom. The number of aliphatic hydroxyl groups excluding tert-OH is 1. The minimum Gasteiger partial charge on any atom is -0.394 e. The van der Waals surface area contributed by atoms with E-state index < -0.39 is 5.54 Å². The van der Waals surface area contributed by atoms with E-state index in [2.05, 4.69) is 6.92 Å². The van der Waals surface area contributed by atoms with Gasteiger partial charge in [0, 0.05) is 12.8 Å². The van der Waals surface area contributed by atoms with Gasteiger partial charge in [-0.3, -0.25) is 14.5 Å². The van der Waals surface area contributed by atoms with Crippen LogP contribution in [0, 0.1) is 5.92 Å². The highest BCUT2D eigenvalue weighted by Gasteiger charge is 2.45. The predicted octanol–water partition coefficient (Wildman–Crippen LogP) is 1.86. The van der Waals surface area contributed by atoms with E-state index in [1.165, 1.54) is 4.90 Å². The maximum atomic E-state index is 12.2. The standard InChI is InChI=1S/C14H23NO3/c1-11-5-4-8-14(9-11,10-16)15-12(17)6-2-3-7-13(15)18/h11,16H,2-10H2,1H3. The third kappa shape index (κ3) is 2.44. The van der Waals surface area contributed by atoms with Gasteiger partial charge in [-0.05, 0) is 31.6 Å². The molecule has 1 aliphatic carbocycles. The Kier molecular flexibility index (Phi) is 4.05. The van der Waals surface area contributed by atoms with Gasteiger partial charge >= 0.3 is 0 Å². The molecule has 102 valence electrons. The topological polar surface area (TPSA) is 57.6 Å². The molecule has 2 rings (SSSR count). The molecule has 0 aromatic heterocycles. The zero-order chi connectivity index (χ0) is 13.2. The lowest BCUT2D eigenvalue weighted by Gasteiger charge is -2.45. The van der Waals surface area contributed by atoms with E-state index in [1.54, 1.807) is 0 Å². The van der Waals surface area contributed by atoms with Gasteiger partial charge in [-0.15, -0.1) is 0 Å². The SMILES string of the molecule is CC1CCCC(CO)(N2C(=O)CCCCC2=O)C1. The Labute approximate surface area is 108 Å². The van der Waals surface area contributed by atoms with Crippen LogP contribution in [-0.2, 0) is 9.59 Å². The summed E-state index contributed by atoms with van der Waals surface area (Å²) in [5, 5.41) is 9.79. The van der Waals surface area contributed by atoms with Crippen LogP contribution < -0.4 is 0 Å². The zero-order valence-corrected chi connectivity index (χ0v) is 11.2. The normalized spacial score (nSPS) is 34.6. The number of hydrogen-bond donors (Lipinski definition) is 1. The van der Waals surface area contributed by atoms with Gasteiger partial charge in [0.1, 0.15) is 0 Å². The monoisotopic (exact) mass is 253 g/mol. The maximum Gasteiger partial charge on any atom is 0.229 e. The van der Waals surface area contributed by atoms with E-state index in [1.807, 2.05) is 0 Å². The zero-order valence-electron chi connectivity index (χ0n) is 11.2. The summed E-state index contributed by atoms with van der Waals surface area (Å²) in [7, 11) is 0. The summed E-state index contributed by atoms with van der Waals surface area (Å²) < 4.78 is 0. The first-order chi connectivity index (χ1) is 8.59. The van der Waals surface area contributed by atoms with Crippen LogP contribution in [0.15, 0.2) is 0 Å². The minimum absolute atomic E-state index is 0.0827. The molecule has 18 heavy (non-hydrogen) atoms. The number of hydrogen-bond acceptors (Lipinski definition) is 3. The van der Waals surface area contributed by atoms with Crippen LogP contribution in [0.1, 0.15) is 58.3 Å². The molecule has 2 aliphatic rings. The smallest absolute Gasteiger partial charge is 0.229 e. The first-order valence-electron chi connectivity index (χ1n) is 7.06. The first-order valence-corrected chi connectivity index (χ1v) is 7.06. The van der Waals surface area contributed by atoms with Crippen LogP contribution >= 0.6 is 0 Å². The highest BCUT2D eigenvalue weighted by atomic mass is 16.3. The molecular weight excluding hydrogens is 230 g/mol. The molecular formula is C14H23NO3. The van der Waals surface area contributed by atoms with Gasteiger partial charge in [-0.2, -0.15) is 0 Å². The number of amides is 2. The summed E-state index contributed by atoms with van der Waals surface area (Å²) >= 11 is 0. The number of likely N-dealkylation sites (tertiary alicyclic amines) is 1. The lowest BCUT2D eigenvalue weighted by Crippen LogP contribution is -2.58. The van der Waals surface area contributed by atoms with Crippen molar-refractivity contribution in [2.45, 2.75) is 63.8 Å². The number of nitrogens with zero attached hydrogens (tertiary/aromatic N) is 1. The van der Waals surface area contributed by atoms with Crippen LogP contribution in [0.3, 0.4) is 0 Å². The van der Waals surface area contributed by atoms with E-state index in [9.17, 15) is 14.7 Å². The molecule has 0 aromatic carbocycles. The Morgan fingerprint density at radius 2 is 1.83 bits per heavy atom. The van der Waals surface area contributed by atoms with Gasteiger partial charge < -0.3 is 5.11 Å². The quantitative estimate of drug-likeness (QED) is 0.764. The van der Waals surface area contributed by atoms with E-state index in [4.69, 9.17) is 0 Å². The van der Waals surface area contributed by atoms with Crippen LogP contribution in [-0.4, -0.2) is 34.0 Å². The van der Waals surface area contributed by atoms with E-state index >= 15 is 0 Å². The van der Waals surface area contributed by atoms with E-state index in [-0.39, 0.29) is 18.4 Å². The summed E-state index contributed by atoms with van der Waals surface area (Å²) in [6, 6.07) is 0. The molecule has 2 unspecified atom stereocenters. The molecule has 4 heteroatoms. The molecule has 2 atom stereocenters. The molecule has 1 N–H and O–H groups in total. The second kappa shape index (κ2) is 5.39. The van der Waals surface area contributed by atoms with Gasteiger partial charge in [-0.1, -0.05) is 19.8 Å². The molecule has 2 amide bonds. The van der Waals surface area contributed by atoms with Gasteiger partial charge in [0.25, 0.3) is 0 Å². The summed E-state index contributed by atoms with van der Waals surface area (Å²) in [5.74, 6) is 0.302. The van der Waals surface area contributed by atoms with Gasteiger partial charge in [0.05, 0.1) is 12.1 Å². The Hall–Kier alpha value is -0.900. The molecule has 0 radical (unpaired) electrons. The number of carbonyl (C=O) groups excluding carboxylic acids is 2. The summed E-state index contributed by atoms with van der Waals surface area (Å²) in [4.78, 5) is 25.8. The minimum atomic E-state index is -0.615. The van der Waals surface area contributed by atoms with Crippen molar-refractivity contribution in [1.29, 1.82) is 0 Å². The molecule has 1 aliphatic heterocycles. The van der Waals surface area contributed by atoms with Crippen molar-refractivity contribution in [2.75, 3.05) is 6.61 Å². The van der Waals surface area contributed by atoms with Gasteiger partial charge in [0.15, 0.2) is 0 Å².